The topological polar surface area (TPSA) is 110 Å². The smallest absolute Gasteiger partial charge is 0.337 e. The summed E-state index contributed by atoms with van der Waals surface area (Å²) in [5, 5.41) is 20.8. The van der Waals surface area contributed by atoms with Gasteiger partial charge in [0.05, 0.1) is 11.3 Å². The fourth-order valence-electron chi connectivity index (χ4n) is 2.42. The van der Waals surface area contributed by atoms with E-state index in [1.165, 1.54) is 24.0 Å². The highest BCUT2D eigenvalue weighted by atomic mass is 32.2. The second-order valence-electron chi connectivity index (χ2n) is 5.52. The van der Waals surface area contributed by atoms with E-state index in [0.29, 0.717) is 23.1 Å². The molecular formula is C18H17N5O3S. The molecule has 0 aliphatic carbocycles. The van der Waals surface area contributed by atoms with Crippen LogP contribution in [0.2, 0.25) is 0 Å². The Hall–Kier alpha value is -3.20. The van der Waals surface area contributed by atoms with Crippen molar-refractivity contribution in [2.75, 3.05) is 11.1 Å². The van der Waals surface area contributed by atoms with E-state index in [0.717, 1.165) is 5.69 Å². The van der Waals surface area contributed by atoms with Gasteiger partial charge in [-0.3, -0.25) is 9.78 Å². The van der Waals surface area contributed by atoms with Gasteiger partial charge in [0.25, 0.3) is 0 Å². The molecule has 0 radical (unpaired) electrons. The summed E-state index contributed by atoms with van der Waals surface area (Å²) in [5.41, 5.74) is 1.37. The minimum absolute atomic E-state index is 0.0783. The molecule has 0 bridgehead atoms. The standard InChI is InChI=1S/C18H17N5O3S/c1-2-23-16(12-8-13(17(25)26)10-19-9-12)21-22-18(23)27-11-15(24)20-14-6-4-3-5-7-14/h3-10H,2,11H2,1H3,(H,20,24)(H,25,26). The van der Waals surface area contributed by atoms with Crippen molar-refractivity contribution in [1.82, 2.24) is 19.7 Å². The first-order chi connectivity index (χ1) is 13.1. The number of aromatic carboxylic acids is 1. The molecule has 8 nitrogen and oxygen atoms in total. The van der Waals surface area contributed by atoms with Crippen LogP contribution in [0.3, 0.4) is 0 Å². The molecule has 2 N–H and O–H groups in total. The van der Waals surface area contributed by atoms with Gasteiger partial charge in [-0.05, 0) is 25.1 Å². The Labute approximate surface area is 159 Å². The number of carbonyl (C=O) groups is 2. The molecule has 2 heterocycles. The van der Waals surface area contributed by atoms with Crippen molar-refractivity contribution in [2.45, 2.75) is 18.6 Å². The highest BCUT2D eigenvalue weighted by Crippen LogP contribution is 2.24. The third kappa shape index (κ3) is 4.50. The lowest BCUT2D eigenvalue weighted by Gasteiger charge is -2.08. The first kappa shape index (κ1) is 18.6. The van der Waals surface area contributed by atoms with Crippen LogP contribution in [0.4, 0.5) is 5.69 Å². The molecule has 0 spiro atoms. The third-order valence-electron chi connectivity index (χ3n) is 3.67. The van der Waals surface area contributed by atoms with Crippen molar-refractivity contribution in [3.63, 3.8) is 0 Å². The SMILES string of the molecule is CCn1c(SCC(=O)Nc2ccccc2)nnc1-c1cncc(C(=O)O)c1. The molecule has 0 fully saturated rings. The molecule has 2 aromatic heterocycles. The van der Waals surface area contributed by atoms with Gasteiger partial charge in [-0.2, -0.15) is 0 Å². The van der Waals surface area contributed by atoms with E-state index in [9.17, 15) is 9.59 Å². The van der Waals surface area contributed by atoms with Crippen molar-refractivity contribution < 1.29 is 14.7 Å². The normalized spacial score (nSPS) is 10.6. The second kappa shape index (κ2) is 8.45. The van der Waals surface area contributed by atoms with Gasteiger partial charge in [-0.1, -0.05) is 30.0 Å². The second-order valence-corrected chi connectivity index (χ2v) is 6.46. The van der Waals surface area contributed by atoms with E-state index in [4.69, 9.17) is 5.11 Å². The Morgan fingerprint density at radius 2 is 1.96 bits per heavy atom. The zero-order valence-corrected chi connectivity index (χ0v) is 15.3. The van der Waals surface area contributed by atoms with Crippen molar-refractivity contribution in [2.24, 2.45) is 0 Å². The number of benzene rings is 1. The number of thioether (sulfide) groups is 1. The average molecular weight is 383 g/mol. The Morgan fingerprint density at radius 3 is 2.67 bits per heavy atom. The molecule has 3 rings (SSSR count). The van der Waals surface area contributed by atoms with Gasteiger partial charge in [-0.25, -0.2) is 4.79 Å². The van der Waals surface area contributed by atoms with E-state index in [2.05, 4.69) is 20.5 Å². The van der Waals surface area contributed by atoms with Crippen molar-refractivity contribution in [3.8, 4) is 11.4 Å². The predicted molar refractivity (Wildman–Crippen MR) is 102 cm³/mol. The van der Waals surface area contributed by atoms with E-state index >= 15 is 0 Å². The van der Waals surface area contributed by atoms with Crippen LogP contribution < -0.4 is 5.32 Å². The molecule has 0 aliphatic heterocycles. The Morgan fingerprint density at radius 1 is 1.19 bits per heavy atom. The zero-order chi connectivity index (χ0) is 19.2. The van der Waals surface area contributed by atoms with E-state index in [1.807, 2.05) is 41.8 Å². The minimum atomic E-state index is -1.06. The molecule has 0 aliphatic rings. The summed E-state index contributed by atoms with van der Waals surface area (Å²) in [6.07, 6.45) is 2.82. The number of aromatic nitrogens is 4. The van der Waals surface area contributed by atoms with Crippen LogP contribution in [0.15, 0.2) is 53.9 Å². The zero-order valence-electron chi connectivity index (χ0n) is 14.5. The number of amides is 1. The van der Waals surface area contributed by atoms with Crippen LogP contribution in [0, 0.1) is 0 Å². The van der Waals surface area contributed by atoms with Crippen molar-refractivity contribution >= 4 is 29.3 Å². The number of nitrogens with zero attached hydrogens (tertiary/aromatic N) is 4. The van der Waals surface area contributed by atoms with Gasteiger partial charge in [0, 0.05) is 30.2 Å². The molecule has 0 saturated heterocycles. The van der Waals surface area contributed by atoms with Crippen molar-refractivity contribution in [3.05, 3.63) is 54.4 Å². The summed E-state index contributed by atoms with van der Waals surface area (Å²) < 4.78 is 1.82. The number of carboxylic acids is 1. The van der Waals surface area contributed by atoms with Crippen LogP contribution in [0.1, 0.15) is 17.3 Å². The molecule has 1 amide bonds. The highest BCUT2D eigenvalue weighted by Gasteiger charge is 2.16. The molecule has 0 atom stereocenters. The third-order valence-corrected chi connectivity index (χ3v) is 4.63. The largest absolute Gasteiger partial charge is 0.478 e. The van der Waals surface area contributed by atoms with E-state index < -0.39 is 5.97 Å². The summed E-state index contributed by atoms with van der Waals surface area (Å²) in [7, 11) is 0. The summed E-state index contributed by atoms with van der Waals surface area (Å²) in [5.74, 6) is -0.508. The molecular weight excluding hydrogens is 366 g/mol. The van der Waals surface area contributed by atoms with Gasteiger partial charge in [0.1, 0.15) is 0 Å². The van der Waals surface area contributed by atoms with Gasteiger partial charge in [0.2, 0.25) is 5.91 Å². The Bertz CT molecular complexity index is 959. The number of pyridine rings is 1. The quantitative estimate of drug-likeness (QED) is 0.604. The number of para-hydroxylation sites is 1. The maximum atomic E-state index is 12.1. The first-order valence-corrected chi connectivity index (χ1v) is 9.16. The molecule has 27 heavy (non-hydrogen) atoms. The number of carboxylic acid groups (broad SMARTS) is 1. The van der Waals surface area contributed by atoms with Gasteiger partial charge < -0.3 is 15.0 Å². The number of nitrogens with one attached hydrogen (secondary N) is 1. The number of carbonyl (C=O) groups excluding carboxylic acids is 1. The molecule has 3 aromatic rings. The number of hydrogen-bond acceptors (Lipinski definition) is 6. The van der Waals surface area contributed by atoms with Crippen LogP contribution in [-0.2, 0) is 11.3 Å². The molecule has 1 aromatic carbocycles. The number of rotatable bonds is 7. The van der Waals surface area contributed by atoms with Crippen molar-refractivity contribution in [1.29, 1.82) is 0 Å². The summed E-state index contributed by atoms with van der Waals surface area (Å²) in [4.78, 5) is 27.2. The molecule has 0 saturated carbocycles. The minimum Gasteiger partial charge on any atom is -0.478 e. The van der Waals surface area contributed by atoms with Crippen LogP contribution in [0.5, 0.6) is 0 Å². The van der Waals surface area contributed by atoms with Crippen LogP contribution in [-0.4, -0.2) is 42.5 Å². The van der Waals surface area contributed by atoms with Gasteiger partial charge >= 0.3 is 5.97 Å². The average Bonchev–Trinajstić information content (AvgIpc) is 3.10. The van der Waals surface area contributed by atoms with Crippen LogP contribution >= 0.6 is 11.8 Å². The maximum absolute atomic E-state index is 12.1. The number of hydrogen-bond donors (Lipinski definition) is 2. The summed E-state index contributed by atoms with van der Waals surface area (Å²) >= 11 is 1.27. The summed E-state index contributed by atoms with van der Waals surface area (Å²) in [6, 6.07) is 10.7. The maximum Gasteiger partial charge on any atom is 0.337 e. The molecule has 0 unspecified atom stereocenters. The molecule has 138 valence electrons. The Kier molecular flexibility index (Phi) is 5.82. The lowest BCUT2D eigenvalue weighted by Crippen LogP contribution is -2.14. The van der Waals surface area contributed by atoms with E-state index in [1.54, 1.807) is 6.20 Å². The van der Waals surface area contributed by atoms with E-state index in [-0.39, 0.29) is 17.2 Å². The highest BCUT2D eigenvalue weighted by molar-refractivity contribution is 7.99. The van der Waals surface area contributed by atoms with Crippen LogP contribution in [0.25, 0.3) is 11.4 Å². The predicted octanol–water partition coefficient (Wildman–Crippen LogP) is 2.79. The summed E-state index contributed by atoms with van der Waals surface area (Å²) in [6.45, 7) is 2.50. The fourth-order valence-corrected chi connectivity index (χ4v) is 3.22. The first-order valence-electron chi connectivity index (χ1n) is 8.18. The Balaban J connectivity index is 1.73. The van der Waals surface area contributed by atoms with Gasteiger partial charge in [-0.15, -0.1) is 10.2 Å². The lowest BCUT2D eigenvalue weighted by molar-refractivity contribution is -0.113. The molecule has 9 heteroatoms. The van der Waals surface area contributed by atoms with Gasteiger partial charge in [0.15, 0.2) is 11.0 Å². The fraction of sp³-hybridized carbons (Fsp3) is 0.167. The monoisotopic (exact) mass is 383 g/mol. The lowest BCUT2D eigenvalue weighted by atomic mass is 10.2. The number of anilines is 1.